The van der Waals surface area contributed by atoms with E-state index >= 15 is 0 Å². The summed E-state index contributed by atoms with van der Waals surface area (Å²) in [5.41, 5.74) is 2.38. The van der Waals surface area contributed by atoms with Gasteiger partial charge in [-0.3, -0.25) is 4.79 Å². The summed E-state index contributed by atoms with van der Waals surface area (Å²) < 4.78 is 5.80. The maximum atomic E-state index is 12.4. The molecule has 7 heteroatoms. The van der Waals surface area contributed by atoms with Crippen LogP contribution < -0.4 is 5.32 Å². The molecule has 0 radical (unpaired) electrons. The molecule has 0 unspecified atom stereocenters. The van der Waals surface area contributed by atoms with Gasteiger partial charge >= 0.3 is 0 Å². The van der Waals surface area contributed by atoms with Gasteiger partial charge in [-0.15, -0.1) is 10.2 Å². The van der Waals surface area contributed by atoms with Crippen molar-refractivity contribution in [3.05, 3.63) is 41.2 Å². The van der Waals surface area contributed by atoms with Crippen LogP contribution in [0.2, 0.25) is 0 Å². The highest BCUT2D eigenvalue weighted by atomic mass is 16.5. The van der Waals surface area contributed by atoms with Crippen molar-refractivity contribution in [1.29, 1.82) is 0 Å². The fourth-order valence-corrected chi connectivity index (χ4v) is 2.94. The first kappa shape index (κ1) is 15.6. The third-order valence-corrected chi connectivity index (χ3v) is 4.05. The van der Waals surface area contributed by atoms with Crippen molar-refractivity contribution in [3.8, 4) is 0 Å². The second-order valence-corrected chi connectivity index (χ2v) is 5.69. The summed E-state index contributed by atoms with van der Waals surface area (Å²) in [5.74, 6) is 0.458. The molecule has 0 bridgehead atoms. The van der Waals surface area contributed by atoms with Crippen LogP contribution in [-0.4, -0.2) is 33.1 Å². The van der Waals surface area contributed by atoms with Crippen molar-refractivity contribution in [2.75, 3.05) is 6.61 Å². The zero-order chi connectivity index (χ0) is 16.1. The predicted molar refractivity (Wildman–Crippen MR) is 83.4 cm³/mol. The molecule has 3 rings (SSSR count). The van der Waals surface area contributed by atoms with Crippen LogP contribution in [-0.2, 0) is 16.0 Å². The number of tetrazole rings is 1. The van der Waals surface area contributed by atoms with Gasteiger partial charge < -0.3 is 10.1 Å². The summed E-state index contributed by atoms with van der Waals surface area (Å²) in [5, 5.41) is 16.9. The maximum Gasteiger partial charge on any atom is 0.223 e. The van der Waals surface area contributed by atoms with Crippen molar-refractivity contribution in [2.45, 2.75) is 44.8 Å². The highest BCUT2D eigenvalue weighted by molar-refractivity contribution is 5.77. The van der Waals surface area contributed by atoms with Gasteiger partial charge in [-0.05, 0) is 24.0 Å². The molecular weight excluding hydrogens is 294 g/mol. The maximum absolute atomic E-state index is 12.4. The SMILES string of the molecule is CCC[C@@H](NC(=O)C[C@@H]1OCCc2ccccc21)c1nn[nH]n1. The third-order valence-electron chi connectivity index (χ3n) is 4.05. The Kier molecular flexibility index (Phi) is 4.97. The van der Waals surface area contributed by atoms with Crippen LogP contribution in [0.4, 0.5) is 0 Å². The number of amides is 1. The summed E-state index contributed by atoms with van der Waals surface area (Å²) in [6.07, 6.45) is 2.70. The van der Waals surface area contributed by atoms with Crippen molar-refractivity contribution < 1.29 is 9.53 Å². The van der Waals surface area contributed by atoms with Crippen LogP contribution >= 0.6 is 0 Å². The molecule has 0 aliphatic carbocycles. The number of fused-ring (bicyclic) bond motifs is 1. The highest BCUT2D eigenvalue weighted by Gasteiger charge is 2.25. The number of carbonyl (C=O) groups is 1. The Balaban J connectivity index is 1.65. The number of H-pyrrole nitrogens is 1. The number of aromatic amines is 1. The van der Waals surface area contributed by atoms with Crippen molar-refractivity contribution in [2.24, 2.45) is 0 Å². The van der Waals surface area contributed by atoms with Gasteiger partial charge in [-0.2, -0.15) is 5.21 Å². The minimum atomic E-state index is -0.218. The van der Waals surface area contributed by atoms with E-state index in [-0.39, 0.29) is 18.1 Å². The van der Waals surface area contributed by atoms with Gasteiger partial charge in [0.15, 0.2) is 5.82 Å². The molecule has 0 saturated carbocycles. The number of hydrogen-bond donors (Lipinski definition) is 2. The molecular formula is C16H21N5O2. The Morgan fingerprint density at radius 1 is 1.48 bits per heavy atom. The first-order valence-electron chi connectivity index (χ1n) is 8.00. The molecule has 0 fully saturated rings. The molecule has 1 aliphatic heterocycles. The Bertz CT molecular complexity index is 644. The number of aromatic nitrogens is 4. The van der Waals surface area contributed by atoms with Crippen LogP contribution in [0.3, 0.4) is 0 Å². The molecule has 7 nitrogen and oxygen atoms in total. The number of carbonyl (C=O) groups excluding carboxylic acids is 1. The van der Waals surface area contributed by atoms with Gasteiger partial charge in [0.25, 0.3) is 0 Å². The summed E-state index contributed by atoms with van der Waals surface area (Å²) in [6, 6.07) is 7.92. The van der Waals surface area contributed by atoms with E-state index in [0.717, 1.165) is 24.8 Å². The van der Waals surface area contributed by atoms with Crippen molar-refractivity contribution in [3.63, 3.8) is 0 Å². The Morgan fingerprint density at radius 3 is 3.13 bits per heavy atom. The van der Waals surface area contributed by atoms with E-state index in [9.17, 15) is 4.79 Å². The normalized spacial score (nSPS) is 18.2. The van der Waals surface area contributed by atoms with E-state index in [2.05, 4.69) is 38.9 Å². The molecule has 1 aromatic heterocycles. The Labute approximate surface area is 134 Å². The number of nitrogens with zero attached hydrogens (tertiary/aromatic N) is 3. The van der Waals surface area contributed by atoms with E-state index in [4.69, 9.17) is 4.74 Å². The second kappa shape index (κ2) is 7.32. The summed E-state index contributed by atoms with van der Waals surface area (Å²) in [6.45, 7) is 2.71. The number of rotatable bonds is 6. The summed E-state index contributed by atoms with van der Waals surface area (Å²) in [7, 11) is 0. The Hall–Kier alpha value is -2.28. The zero-order valence-electron chi connectivity index (χ0n) is 13.2. The molecule has 2 aromatic rings. The number of benzene rings is 1. The van der Waals surface area contributed by atoms with E-state index in [1.54, 1.807) is 0 Å². The first-order valence-corrected chi connectivity index (χ1v) is 8.00. The third kappa shape index (κ3) is 3.73. The lowest BCUT2D eigenvalue weighted by molar-refractivity contribution is -0.125. The lowest BCUT2D eigenvalue weighted by Gasteiger charge is -2.26. The number of ether oxygens (including phenoxy) is 1. The zero-order valence-corrected chi connectivity index (χ0v) is 13.2. The van der Waals surface area contributed by atoms with Crippen LogP contribution in [0.1, 0.15) is 55.3 Å². The molecule has 122 valence electrons. The van der Waals surface area contributed by atoms with Gasteiger partial charge in [0.2, 0.25) is 5.91 Å². The predicted octanol–water partition coefficient (Wildman–Crippen LogP) is 1.86. The van der Waals surface area contributed by atoms with Crippen LogP contribution in [0, 0.1) is 0 Å². The molecule has 2 heterocycles. The second-order valence-electron chi connectivity index (χ2n) is 5.69. The average molecular weight is 315 g/mol. The average Bonchev–Trinajstić information content (AvgIpc) is 3.09. The van der Waals surface area contributed by atoms with Crippen molar-refractivity contribution in [1.82, 2.24) is 25.9 Å². The fourth-order valence-electron chi connectivity index (χ4n) is 2.94. The smallest absolute Gasteiger partial charge is 0.223 e. The van der Waals surface area contributed by atoms with E-state index in [1.165, 1.54) is 5.56 Å². The number of nitrogens with one attached hydrogen (secondary N) is 2. The van der Waals surface area contributed by atoms with E-state index < -0.39 is 0 Å². The standard InChI is InChI=1S/C16H21N5O2/c1-2-5-13(16-18-20-21-19-16)17-15(22)10-14-12-7-4-3-6-11(12)8-9-23-14/h3-4,6-7,13-14H,2,5,8-10H2,1H3,(H,17,22)(H,18,19,20,21)/t13-,14+/m1/s1. The molecule has 1 aromatic carbocycles. The lowest BCUT2D eigenvalue weighted by Crippen LogP contribution is -2.31. The monoisotopic (exact) mass is 315 g/mol. The van der Waals surface area contributed by atoms with Gasteiger partial charge in [-0.25, -0.2) is 0 Å². The molecule has 23 heavy (non-hydrogen) atoms. The molecule has 0 spiro atoms. The van der Waals surface area contributed by atoms with Crippen LogP contribution in [0.15, 0.2) is 24.3 Å². The number of hydrogen-bond acceptors (Lipinski definition) is 5. The summed E-state index contributed by atoms with van der Waals surface area (Å²) in [4.78, 5) is 12.4. The Morgan fingerprint density at radius 2 is 2.35 bits per heavy atom. The topological polar surface area (TPSA) is 92.8 Å². The minimum Gasteiger partial charge on any atom is -0.373 e. The van der Waals surface area contributed by atoms with Gasteiger partial charge in [0.1, 0.15) is 0 Å². The molecule has 1 amide bonds. The van der Waals surface area contributed by atoms with Crippen molar-refractivity contribution >= 4 is 5.91 Å². The molecule has 2 N–H and O–H groups in total. The summed E-state index contributed by atoms with van der Waals surface area (Å²) >= 11 is 0. The van der Waals surface area contributed by atoms with Gasteiger partial charge in [-0.1, -0.05) is 42.8 Å². The van der Waals surface area contributed by atoms with Gasteiger partial charge in [0.05, 0.1) is 25.2 Å². The first-order chi connectivity index (χ1) is 11.3. The van der Waals surface area contributed by atoms with E-state index in [0.29, 0.717) is 18.9 Å². The molecule has 0 saturated heterocycles. The molecule has 2 atom stereocenters. The van der Waals surface area contributed by atoms with Crippen LogP contribution in [0.5, 0.6) is 0 Å². The van der Waals surface area contributed by atoms with E-state index in [1.807, 2.05) is 18.2 Å². The van der Waals surface area contributed by atoms with Crippen LogP contribution in [0.25, 0.3) is 0 Å². The largest absolute Gasteiger partial charge is 0.373 e. The quantitative estimate of drug-likeness (QED) is 0.849. The highest BCUT2D eigenvalue weighted by Crippen LogP contribution is 2.29. The molecule has 1 aliphatic rings. The fraction of sp³-hybridized carbons (Fsp3) is 0.500. The van der Waals surface area contributed by atoms with Gasteiger partial charge in [0, 0.05) is 0 Å². The minimum absolute atomic E-state index is 0.0602. The lowest BCUT2D eigenvalue weighted by atomic mass is 9.95.